The molecule has 132 valence electrons. The van der Waals surface area contributed by atoms with E-state index in [9.17, 15) is 19.2 Å². The quantitative estimate of drug-likeness (QED) is 0.699. The SMILES string of the molecule is CC(=O)OCC1CN(OC(C)=O)CC(n2cc(C)c(=O)[nH]c2=O)O1. The summed E-state index contributed by atoms with van der Waals surface area (Å²) < 4.78 is 11.9. The summed E-state index contributed by atoms with van der Waals surface area (Å²) in [6.45, 7) is 4.28. The molecule has 0 aromatic carbocycles. The van der Waals surface area contributed by atoms with Gasteiger partial charge in [0.25, 0.3) is 5.56 Å². The number of nitrogens with one attached hydrogen (secondary N) is 1. The number of hydrogen-bond donors (Lipinski definition) is 1. The average Bonchev–Trinajstić information content (AvgIpc) is 2.48. The highest BCUT2D eigenvalue weighted by molar-refractivity contribution is 5.66. The molecule has 1 N–H and O–H groups in total. The summed E-state index contributed by atoms with van der Waals surface area (Å²) in [5.74, 6) is -0.997. The van der Waals surface area contributed by atoms with E-state index in [0.29, 0.717) is 5.56 Å². The standard InChI is InChI=1S/C14H19N3O7/c1-8-4-17(14(21)15-13(8)20)12-6-16(24-10(3)19)5-11(23-12)7-22-9(2)18/h4,11-12H,5-7H2,1-3H3,(H,15,20,21). The molecular weight excluding hydrogens is 322 g/mol. The van der Waals surface area contributed by atoms with Crippen LogP contribution in [0.1, 0.15) is 25.6 Å². The number of H-pyrrole nitrogens is 1. The number of rotatable bonds is 4. The number of nitrogens with zero attached hydrogens (tertiary/aromatic N) is 2. The number of morpholine rings is 1. The van der Waals surface area contributed by atoms with Gasteiger partial charge in [0.2, 0.25) is 0 Å². The first-order chi connectivity index (χ1) is 11.3. The van der Waals surface area contributed by atoms with Crippen molar-refractivity contribution in [1.29, 1.82) is 0 Å². The summed E-state index contributed by atoms with van der Waals surface area (Å²) in [5.41, 5.74) is -0.800. The highest BCUT2D eigenvalue weighted by atomic mass is 16.7. The molecule has 0 saturated carbocycles. The van der Waals surface area contributed by atoms with Gasteiger partial charge in [-0.3, -0.25) is 23.9 Å². The van der Waals surface area contributed by atoms with Crippen LogP contribution in [0, 0.1) is 6.92 Å². The first kappa shape index (κ1) is 17.9. The van der Waals surface area contributed by atoms with Gasteiger partial charge >= 0.3 is 17.6 Å². The van der Waals surface area contributed by atoms with E-state index in [1.165, 1.54) is 29.7 Å². The van der Waals surface area contributed by atoms with Crippen LogP contribution >= 0.6 is 0 Å². The zero-order chi connectivity index (χ0) is 17.9. The number of aromatic amines is 1. The third kappa shape index (κ3) is 4.52. The van der Waals surface area contributed by atoms with Crippen molar-refractivity contribution in [2.24, 2.45) is 0 Å². The van der Waals surface area contributed by atoms with E-state index in [-0.39, 0.29) is 19.7 Å². The molecule has 1 aromatic heterocycles. The predicted octanol–water partition coefficient (Wildman–Crippen LogP) is -0.914. The van der Waals surface area contributed by atoms with Crippen LogP contribution in [0.3, 0.4) is 0 Å². The summed E-state index contributed by atoms with van der Waals surface area (Å²) >= 11 is 0. The van der Waals surface area contributed by atoms with Gasteiger partial charge in [-0.25, -0.2) is 4.79 Å². The molecule has 1 fully saturated rings. The van der Waals surface area contributed by atoms with Crippen LogP contribution in [0.15, 0.2) is 15.8 Å². The Kier molecular flexibility index (Phi) is 5.52. The third-order valence-corrected chi connectivity index (χ3v) is 3.30. The Morgan fingerprint density at radius 3 is 2.62 bits per heavy atom. The molecule has 10 heteroatoms. The van der Waals surface area contributed by atoms with Gasteiger partial charge in [-0.15, -0.1) is 5.06 Å². The molecule has 0 radical (unpaired) electrons. The molecule has 2 rings (SSSR count). The van der Waals surface area contributed by atoms with Crippen molar-refractivity contribution in [2.45, 2.75) is 33.1 Å². The molecule has 2 atom stereocenters. The number of carbonyl (C=O) groups is 2. The van der Waals surface area contributed by atoms with E-state index < -0.39 is 35.5 Å². The number of hydrogen-bond acceptors (Lipinski definition) is 8. The van der Waals surface area contributed by atoms with Gasteiger partial charge < -0.3 is 14.3 Å². The summed E-state index contributed by atoms with van der Waals surface area (Å²) in [5, 5.41) is 1.33. The van der Waals surface area contributed by atoms with Crippen molar-refractivity contribution in [3.8, 4) is 0 Å². The fourth-order valence-electron chi connectivity index (χ4n) is 2.30. The van der Waals surface area contributed by atoms with Crippen molar-refractivity contribution < 1.29 is 23.9 Å². The lowest BCUT2D eigenvalue weighted by molar-refractivity contribution is -0.244. The molecule has 2 unspecified atom stereocenters. The average molecular weight is 341 g/mol. The lowest BCUT2D eigenvalue weighted by atomic mass is 10.3. The first-order valence-corrected chi connectivity index (χ1v) is 7.30. The van der Waals surface area contributed by atoms with Crippen molar-refractivity contribution in [1.82, 2.24) is 14.6 Å². The van der Waals surface area contributed by atoms with E-state index in [4.69, 9.17) is 14.3 Å². The molecule has 24 heavy (non-hydrogen) atoms. The van der Waals surface area contributed by atoms with Crippen LogP contribution in [0.25, 0.3) is 0 Å². The lowest BCUT2D eigenvalue weighted by Gasteiger charge is -2.36. The molecule has 1 saturated heterocycles. The maximum atomic E-state index is 12.0. The van der Waals surface area contributed by atoms with Crippen LogP contribution in [-0.2, 0) is 23.9 Å². The normalized spacial score (nSPS) is 21.3. The Bertz CT molecular complexity index is 739. The number of hydroxylamine groups is 2. The molecule has 1 aliphatic heterocycles. The number of esters is 1. The van der Waals surface area contributed by atoms with Gasteiger partial charge in [0.05, 0.1) is 13.1 Å². The number of aryl methyl sites for hydroxylation is 1. The fourth-order valence-corrected chi connectivity index (χ4v) is 2.30. The van der Waals surface area contributed by atoms with Crippen molar-refractivity contribution in [3.05, 3.63) is 32.6 Å². The van der Waals surface area contributed by atoms with Gasteiger partial charge in [0.15, 0.2) is 6.23 Å². The summed E-state index contributed by atoms with van der Waals surface area (Å²) in [4.78, 5) is 52.9. The minimum Gasteiger partial charge on any atom is -0.463 e. The summed E-state index contributed by atoms with van der Waals surface area (Å²) in [6.07, 6.45) is -0.0562. The van der Waals surface area contributed by atoms with Crippen molar-refractivity contribution >= 4 is 11.9 Å². The minimum absolute atomic E-state index is 0.0549. The second kappa shape index (κ2) is 7.41. The van der Waals surface area contributed by atoms with Gasteiger partial charge in [-0.2, -0.15) is 0 Å². The van der Waals surface area contributed by atoms with E-state index in [1.54, 1.807) is 6.92 Å². The van der Waals surface area contributed by atoms with Crippen molar-refractivity contribution in [2.75, 3.05) is 19.7 Å². The van der Waals surface area contributed by atoms with E-state index in [0.717, 1.165) is 0 Å². The summed E-state index contributed by atoms with van der Waals surface area (Å²) in [7, 11) is 0. The Morgan fingerprint density at radius 1 is 1.29 bits per heavy atom. The van der Waals surface area contributed by atoms with E-state index in [2.05, 4.69) is 4.98 Å². The maximum absolute atomic E-state index is 12.0. The molecule has 0 amide bonds. The Morgan fingerprint density at radius 2 is 2.00 bits per heavy atom. The van der Waals surface area contributed by atoms with Gasteiger partial charge in [-0.1, -0.05) is 0 Å². The molecule has 0 spiro atoms. The molecule has 10 nitrogen and oxygen atoms in total. The highest BCUT2D eigenvalue weighted by Crippen LogP contribution is 2.19. The second-order valence-electron chi connectivity index (χ2n) is 5.42. The van der Waals surface area contributed by atoms with Crippen molar-refractivity contribution in [3.63, 3.8) is 0 Å². The first-order valence-electron chi connectivity index (χ1n) is 7.30. The predicted molar refractivity (Wildman–Crippen MR) is 79.9 cm³/mol. The monoisotopic (exact) mass is 341 g/mol. The third-order valence-electron chi connectivity index (χ3n) is 3.30. The Hall–Kier alpha value is -2.46. The van der Waals surface area contributed by atoms with Crippen LogP contribution in [0.2, 0.25) is 0 Å². The largest absolute Gasteiger partial charge is 0.463 e. The Balaban J connectivity index is 2.25. The molecular formula is C14H19N3O7. The highest BCUT2D eigenvalue weighted by Gasteiger charge is 2.32. The number of ether oxygens (including phenoxy) is 2. The van der Waals surface area contributed by atoms with Gasteiger partial charge in [0.1, 0.15) is 12.7 Å². The minimum atomic E-state index is -0.818. The number of carbonyl (C=O) groups excluding carboxylic acids is 2. The molecule has 1 aliphatic rings. The second-order valence-corrected chi connectivity index (χ2v) is 5.42. The van der Waals surface area contributed by atoms with Crippen LogP contribution in [0.4, 0.5) is 0 Å². The lowest BCUT2D eigenvalue weighted by Crippen LogP contribution is -2.50. The van der Waals surface area contributed by atoms with Crippen LogP contribution in [-0.4, -0.2) is 52.4 Å². The van der Waals surface area contributed by atoms with Crippen LogP contribution < -0.4 is 11.2 Å². The molecule has 2 heterocycles. The Labute approximate surface area is 136 Å². The smallest absolute Gasteiger partial charge is 0.330 e. The number of aromatic nitrogens is 2. The molecule has 0 bridgehead atoms. The van der Waals surface area contributed by atoms with E-state index >= 15 is 0 Å². The van der Waals surface area contributed by atoms with Gasteiger partial charge in [-0.05, 0) is 6.92 Å². The fraction of sp³-hybridized carbons (Fsp3) is 0.571. The van der Waals surface area contributed by atoms with E-state index in [1.807, 2.05) is 0 Å². The topological polar surface area (TPSA) is 120 Å². The maximum Gasteiger partial charge on any atom is 0.330 e. The molecule has 1 aromatic rings. The molecule has 0 aliphatic carbocycles. The zero-order valence-corrected chi connectivity index (χ0v) is 13.6. The van der Waals surface area contributed by atoms with Gasteiger partial charge in [0, 0.05) is 25.6 Å². The summed E-state index contributed by atoms with van der Waals surface area (Å²) in [6, 6.07) is 0. The van der Waals surface area contributed by atoms with Crippen LogP contribution in [0.5, 0.6) is 0 Å². The zero-order valence-electron chi connectivity index (χ0n) is 13.6.